The van der Waals surface area contributed by atoms with Gasteiger partial charge < -0.3 is 9.47 Å². The van der Waals surface area contributed by atoms with Crippen LogP contribution in [0.25, 0.3) is 0 Å². The highest BCUT2D eigenvalue weighted by molar-refractivity contribution is 7.80. The van der Waals surface area contributed by atoms with Gasteiger partial charge in [0.15, 0.2) is 0 Å². The van der Waals surface area contributed by atoms with Gasteiger partial charge in [0, 0.05) is 5.92 Å². The first-order valence-electron chi connectivity index (χ1n) is 6.13. The van der Waals surface area contributed by atoms with Gasteiger partial charge in [0.25, 0.3) is 0 Å². The molecular weight excluding hydrogens is 232 g/mol. The molecule has 1 unspecified atom stereocenters. The van der Waals surface area contributed by atoms with E-state index in [2.05, 4.69) is 26.5 Å². The number of thiol groups is 1. The van der Waals surface area contributed by atoms with Crippen LogP contribution in [0, 0.1) is 11.8 Å². The summed E-state index contributed by atoms with van der Waals surface area (Å²) in [6.45, 7) is 7.78. The summed E-state index contributed by atoms with van der Waals surface area (Å²) < 4.78 is 11.1. The molecule has 2 nitrogen and oxygen atoms in total. The largest absolute Gasteiger partial charge is 0.494 e. The van der Waals surface area contributed by atoms with E-state index in [0.29, 0.717) is 18.4 Å². The maximum absolute atomic E-state index is 5.75. The minimum Gasteiger partial charge on any atom is -0.494 e. The predicted octanol–water partition coefficient (Wildman–Crippen LogP) is 3.67. The maximum Gasteiger partial charge on any atom is 0.119 e. The normalized spacial score (nSPS) is 12.5. The van der Waals surface area contributed by atoms with E-state index in [1.807, 2.05) is 31.2 Å². The van der Waals surface area contributed by atoms with Crippen LogP contribution in [0.1, 0.15) is 20.8 Å². The van der Waals surface area contributed by atoms with Crippen molar-refractivity contribution < 1.29 is 9.47 Å². The molecule has 0 saturated heterocycles. The molecule has 1 rings (SSSR count). The van der Waals surface area contributed by atoms with Gasteiger partial charge in [-0.05, 0) is 42.9 Å². The fourth-order valence-corrected chi connectivity index (χ4v) is 1.99. The molecule has 0 amide bonds. The molecule has 0 aliphatic rings. The van der Waals surface area contributed by atoms with Gasteiger partial charge >= 0.3 is 0 Å². The summed E-state index contributed by atoms with van der Waals surface area (Å²) in [6, 6.07) is 7.76. The van der Waals surface area contributed by atoms with Crippen LogP contribution in [-0.4, -0.2) is 19.0 Å². The number of hydrogen-bond donors (Lipinski definition) is 1. The van der Waals surface area contributed by atoms with Gasteiger partial charge in [-0.3, -0.25) is 0 Å². The van der Waals surface area contributed by atoms with Crippen LogP contribution >= 0.6 is 12.6 Å². The Labute approximate surface area is 110 Å². The maximum atomic E-state index is 5.75. The first kappa shape index (κ1) is 14.2. The lowest BCUT2D eigenvalue weighted by atomic mass is 9.99. The van der Waals surface area contributed by atoms with Crippen molar-refractivity contribution in [3.05, 3.63) is 24.3 Å². The molecule has 1 aromatic carbocycles. The molecule has 0 N–H and O–H groups in total. The van der Waals surface area contributed by atoms with Gasteiger partial charge in [0.1, 0.15) is 11.5 Å². The third-order valence-electron chi connectivity index (χ3n) is 2.78. The van der Waals surface area contributed by atoms with Crippen molar-refractivity contribution in [3.63, 3.8) is 0 Å². The fourth-order valence-electron chi connectivity index (χ4n) is 1.46. The van der Waals surface area contributed by atoms with Crippen LogP contribution in [0.5, 0.6) is 11.5 Å². The van der Waals surface area contributed by atoms with Crippen molar-refractivity contribution in [1.29, 1.82) is 0 Å². The van der Waals surface area contributed by atoms with Gasteiger partial charge in [-0.25, -0.2) is 0 Å². The van der Waals surface area contributed by atoms with Gasteiger partial charge in [-0.15, -0.1) is 0 Å². The number of hydrogen-bond acceptors (Lipinski definition) is 3. The molecule has 3 heteroatoms. The molecule has 1 atom stereocenters. The Kier molecular flexibility index (Phi) is 6.27. The molecule has 0 aliphatic carbocycles. The Morgan fingerprint density at radius 1 is 1.06 bits per heavy atom. The minimum absolute atomic E-state index is 0.491. The summed E-state index contributed by atoms with van der Waals surface area (Å²) in [5, 5.41) is 0. The van der Waals surface area contributed by atoms with Crippen molar-refractivity contribution in [2.24, 2.45) is 11.8 Å². The summed E-state index contributed by atoms with van der Waals surface area (Å²) >= 11 is 4.35. The number of rotatable bonds is 7. The minimum atomic E-state index is 0.491. The van der Waals surface area contributed by atoms with Crippen LogP contribution in [0.2, 0.25) is 0 Å². The second-order valence-electron chi connectivity index (χ2n) is 4.40. The molecule has 0 spiro atoms. The fraction of sp³-hybridized carbons (Fsp3) is 0.571. The molecule has 0 heterocycles. The van der Waals surface area contributed by atoms with Crippen LogP contribution in [0.3, 0.4) is 0 Å². The standard InChI is InChI=1S/C14H22O2S/c1-4-15-13-5-7-14(8-6-13)16-9-12(10-17)11(2)3/h5-8,11-12,17H,4,9-10H2,1-3H3. The Bertz CT molecular complexity index is 309. The van der Waals surface area contributed by atoms with Crippen LogP contribution in [0.4, 0.5) is 0 Å². The summed E-state index contributed by atoms with van der Waals surface area (Å²) in [7, 11) is 0. The molecular formula is C14H22O2S. The van der Waals surface area contributed by atoms with E-state index >= 15 is 0 Å². The highest BCUT2D eigenvalue weighted by Gasteiger charge is 2.12. The predicted molar refractivity (Wildman–Crippen MR) is 75.3 cm³/mol. The van der Waals surface area contributed by atoms with Gasteiger partial charge in [0.05, 0.1) is 13.2 Å². The third kappa shape index (κ3) is 4.90. The van der Waals surface area contributed by atoms with E-state index in [-0.39, 0.29) is 0 Å². The summed E-state index contributed by atoms with van der Waals surface area (Å²) in [4.78, 5) is 0. The molecule has 17 heavy (non-hydrogen) atoms. The van der Waals surface area contributed by atoms with Gasteiger partial charge in [-0.2, -0.15) is 12.6 Å². The molecule has 0 fully saturated rings. The number of benzene rings is 1. The molecule has 0 aliphatic heterocycles. The summed E-state index contributed by atoms with van der Waals surface area (Å²) in [5.41, 5.74) is 0. The lowest BCUT2D eigenvalue weighted by Gasteiger charge is -2.19. The smallest absolute Gasteiger partial charge is 0.119 e. The highest BCUT2D eigenvalue weighted by Crippen LogP contribution is 2.20. The Morgan fingerprint density at radius 3 is 2.00 bits per heavy atom. The lowest BCUT2D eigenvalue weighted by molar-refractivity contribution is 0.226. The topological polar surface area (TPSA) is 18.5 Å². The second kappa shape index (κ2) is 7.49. The lowest BCUT2D eigenvalue weighted by Crippen LogP contribution is -2.19. The molecule has 0 aromatic heterocycles. The van der Waals surface area contributed by atoms with E-state index in [1.54, 1.807) is 0 Å². The van der Waals surface area contributed by atoms with E-state index in [1.165, 1.54) is 0 Å². The quantitative estimate of drug-likeness (QED) is 0.748. The average molecular weight is 254 g/mol. The average Bonchev–Trinajstić information content (AvgIpc) is 2.32. The van der Waals surface area contributed by atoms with Crippen LogP contribution in [0.15, 0.2) is 24.3 Å². The van der Waals surface area contributed by atoms with Gasteiger partial charge in [-0.1, -0.05) is 13.8 Å². The molecule has 0 saturated carbocycles. The van der Waals surface area contributed by atoms with Gasteiger partial charge in [0.2, 0.25) is 0 Å². The van der Waals surface area contributed by atoms with E-state index in [4.69, 9.17) is 9.47 Å². The Hall–Kier alpha value is -0.830. The molecule has 0 radical (unpaired) electrons. The highest BCUT2D eigenvalue weighted by atomic mass is 32.1. The third-order valence-corrected chi connectivity index (χ3v) is 3.25. The number of ether oxygens (including phenoxy) is 2. The zero-order valence-corrected chi connectivity index (χ0v) is 11.7. The Morgan fingerprint density at radius 2 is 1.59 bits per heavy atom. The monoisotopic (exact) mass is 254 g/mol. The van der Waals surface area contributed by atoms with Crippen molar-refractivity contribution in [2.45, 2.75) is 20.8 Å². The van der Waals surface area contributed by atoms with E-state index < -0.39 is 0 Å². The SMILES string of the molecule is CCOc1ccc(OCC(CS)C(C)C)cc1. The van der Waals surface area contributed by atoms with Crippen LogP contribution < -0.4 is 9.47 Å². The zero-order valence-electron chi connectivity index (χ0n) is 10.8. The molecule has 1 aromatic rings. The Balaban J connectivity index is 2.46. The van der Waals surface area contributed by atoms with E-state index in [9.17, 15) is 0 Å². The van der Waals surface area contributed by atoms with Crippen molar-refractivity contribution >= 4 is 12.6 Å². The summed E-state index contributed by atoms with van der Waals surface area (Å²) in [5.74, 6) is 3.71. The molecule has 0 bridgehead atoms. The first-order chi connectivity index (χ1) is 8.17. The zero-order chi connectivity index (χ0) is 12.7. The van der Waals surface area contributed by atoms with Crippen molar-refractivity contribution in [2.75, 3.05) is 19.0 Å². The molecule has 96 valence electrons. The van der Waals surface area contributed by atoms with Crippen LogP contribution in [-0.2, 0) is 0 Å². The summed E-state index contributed by atoms with van der Waals surface area (Å²) in [6.07, 6.45) is 0. The first-order valence-corrected chi connectivity index (χ1v) is 6.77. The second-order valence-corrected chi connectivity index (χ2v) is 4.77. The van der Waals surface area contributed by atoms with Crippen molar-refractivity contribution in [1.82, 2.24) is 0 Å². The van der Waals surface area contributed by atoms with Crippen molar-refractivity contribution in [3.8, 4) is 11.5 Å². The van der Waals surface area contributed by atoms with E-state index in [0.717, 1.165) is 23.9 Å².